The molecule has 0 aromatic heterocycles. The SMILES string of the molecule is COc1ccc(NC(C)=O)cc1NC(=O)c1cc(SC)ccc1Cl. The molecule has 2 aromatic carbocycles. The number of nitrogens with one attached hydrogen (secondary N) is 2. The van der Waals surface area contributed by atoms with E-state index in [4.69, 9.17) is 16.3 Å². The predicted octanol–water partition coefficient (Wildman–Crippen LogP) is 4.28. The molecule has 0 spiro atoms. The Morgan fingerprint density at radius 1 is 1.12 bits per heavy atom. The summed E-state index contributed by atoms with van der Waals surface area (Å²) >= 11 is 7.65. The summed E-state index contributed by atoms with van der Waals surface area (Å²) in [4.78, 5) is 24.7. The molecule has 5 nitrogen and oxygen atoms in total. The Hall–Kier alpha value is -2.18. The molecule has 2 N–H and O–H groups in total. The number of carbonyl (C=O) groups excluding carboxylic acids is 2. The molecule has 0 heterocycles. The normalized spacial score (nSPS) is 10.2. The van der Waals surface area contributed by atoms with Gasteiger partial charge in [-0.2, -0.15) is 0 Å². The van der Waals surface area contributed by atoms with Crippen LogP contribution in [-0.2, 0) is 4.79 Å². The summed E-state index contributed by atoms with van der Waals surface area (Å²) in [7, 11) is 1.50. The van der Waals surface area contributed by atoms with Crippen molar-refractivity contribution in [1.29, 1.82) is 0 Å². The van der Waals surface area contributed by atoms with E-state index in [1.54, 1.807) is 30.3 Å². The van der Waals surface area contributed by atoms with Crippen molar-refractivity contribution >= 4 is 46.6 Å². The van der Waals surface area contributed by atoms with E-state index < -0.39 is 0 Å². The molecule has 7 heteroatoms. The van der Waals surface area contributed by atoms with Gasteiger partial charge in [-0.1, -0.05) is 11.6 Å². The Kier molecular flexibility index (Phi) is 6.11. The molecule has 0 saturated carbocycles. The smallest absolute Gasteiger partial charge is 0.257 e. The Bertz CT molecular complexity index is 780. The second-order valence-corrected chi connectivity index (χ2v) is 6.18. The van der Waals surface area contributed by atoms with Crippen LogP contribution in [-0.4, -0.2) is 25.2 Å². The average Bonchev–Trinajstić information content (AvgIpc) is 2.55. The molecular weight excluding hydrogens is 348 g/mol. The lowest BCUT2D eigenvalue weighted by molar-refractivity contribution is -0.114. The molecule has 0 atom stereocenters. The zero-order valence-corrected chi connectivity index (χ0v) is 15.0. The van der Waals surface area contributed by atoms with Gasteiger partial charge in [0.25, 0.3) is 5.91 Å². The molecular formula is C17H17ClN2O3S. The van der Waals surface area contributed by atoms with Crippen molar-refractivity contribution in [2.75, 3.05) is 24.0 Å². The molecule has 0 aliphatic carbocycles. The molecule has 0 radical (unpaired) electrons. The van der Waals surface area contributed by atoms with Gasteiger partial charge in [0.05, 0.1) is 23.4 Å². The molecule has 0 aliphatic heterocycles. The van der Waals surface area contributed by atoms with E-state index in [1.807, 2.05) is 12.3 Å². The molecule has 0 aliphatic rings. The van der Waals surface area contributed by atoms with Crippen LogP contribution in [0.5, 0.6) is 5.75 Å². The molecule has 2 rings (SSSR count). The third kappa shape index (κ3) is 4.43. The van der Waals surface area contributed by atoms with Gasteiger partial charge in [0.15, 0.2) is 0 Å². The highest BCUT2D eigenvalue weighted by atomic mass is 35.5. The quantitative estimate of drug-likeness (QED) is 0.777. The monoisotopic (exact) mass is 364 g/mol. The molecule has 0 fully saturated rings. The van der Waals surface area contributed by atoms with Gasteiger partial charge >= 0.3 is 0 Å². The van der Waals surface area contributed by atoms with E-state index in [1.165, 1.54) is 25.8 Å². The highest BCUT2D eigenvalue weighted by Crippen LogP contribution is 2.30. The van der Waals surface area contributed by atoms with Gasteiger partial charge in [-0.15, -0.1) is 11.8 Å². The van der Waals surface area contributed by atoms with Crippen molar-refractivity contribution in [1.82, 2.24) is 0 Å². The van der Waals surface area contributed by atoms with Crippen LogP contribution in [0.3, 0.4) is 0 Å². The summed E-state index contributed by atoms with van der Waals surface area (Å²) in [5, 5.41) is 5.80. The Balaban J connectivity index is 2.32. The number of hydrogen-bond donors (Lipinski definition) is 2. The number of carbonyl (C=O) groups is 2. The number of thioether (sulfide) groups is 1. The van der Waals surface area contributed by atoms with Crippen molar-refractivity contribution in [3.63, 3.8) is 0 Å². The van der Waals surface area contributed by atoms with E-state index in [9.17, 15) is 9.59 Å². The van der Waals surface area contributed by atoms with Crippen LogP contribution in [0.15, 0.2) is 41.3 Å². The van der Waals surface area contributed by atoms with Crippen LogP contribution in [0.1, 0.15) is 17.3 Å². The first-order valence-electron chi connectivity index (χ1n) is 7.05. The van der Waals surface area contributed by atoms with E-state index in [0.29, 0.717) is 27.7 Å². The minimum Gasteiger partial charge on any atom is -0.495 e. The van der Waals surface area contributed by atoms with Crippen LogP contribution >= 0.6 is 23.4 Å². The maximum absolute atomic E-state index is 12.6. The standard InChI is InChI=1S/C17H17ClN2O3S/c1-10(21)19-11-4-7-16(23-2)15(8-11)20-17(22)13-9-12(24-3)5-6-14(13)18/h4-9H,1-3H3,(H,19,21)(H,20,22). The highest BCUT2D eigenvalue weighted by Gasteiger charge is 2.14. The maximum Gasteiger partial charge on any atom is 0.257 e. The first-order chi connectivity index (χ1) is 11.4. The van der Waals surface area contributed by atoms with Crippen LogP contribution in [0.2, 0.25) is 5.02 Å². The van der Waals surface area contributed by atoms with Gasteiger partial charge in [-0.3, -0.25) is 9.59 Å². The van der Waals surface area contributed by atoms with Gasteiger partial charge in [0.2, 0.25) is 5.91 Å². The molecule has 0 bridgehead atoms. The first kappa shape index (κ1) is 18.2. The lowest BCUT2D eigenvalue weighted by atomic mass is 10.2. The van der Waals surface area contributed by atoms with E-state index in [2.05, 4.69) is 10.6 Å². The fourth-order valence-electron chi connectivity index (χ4n) is 2.08. The zero-order valence-electron chi connectivity index (χ0n) is 13.5. The molecule has 126 valence electrons. The molecule has 0 saturated heterocycles. The van der Waals surface area contributed by atoms with E-state index in [-0.39, 0.29) is 11.8 Å². The van der Waals surface area contributed by atoms with Crippen LogP contribution in [0.25, 0.3) is 0 Å². The number of methoxy groups -OCH3 is 1. The second kappa shape index (κ2) is 8.08. The van der Waals surface area contributed by atoms with Crippen molar-refractivity contribution in [2.24, 2.45) is 0 Å². The third-order valence-corrected chi connectivity index (χ3v) is 4.24. The van der Waals surface area contributed by atoms with E-state index >= 15 is 0 Å². The molecule has 2 amide bonds. The van der Waals surface area contributed by atoms with Crippen LogP contribution in [0, 0.1) is 0 Å². The molecule has 24 heavy (non-hydrogen) atoms. The van der Waals surface area contributed by atoms with Crippen molar-refractivity contribution in [3.05, 3.63) is 47.0 Å². The summed E-state index contributed by atoms with van der Waals surface area (Å²) in [5.74, 6) is -0.0723. The van der Waals surface area contributed by atoms with E-state index in [0.717, 1.165) is 4.90 Å². The summed E-state index contributed by atoms with van der Waals surface area (Å²) in [5.41, 5.74) is 1.37. The fraction of sp³-hybridized carbons (Fsp3) is 0.176. The number of anilines is 2. The number of ether oxygens (including phenoxy) is 1. The minimum absolute atomic E-state index is 0.201. The van der Waals surface area contributed by atoms with Gasteiger partial charge in [-0.05, 0) is 42.7 Å². The highest BCUT2D eigenvalue weighted by molar-refractivity contribution is 7.98. The maximum atomic E-state index is 12.6. The lowest BCUT2D eigenvalue weighted by Crippen LogP contribution is -2.14. The number of rotatable bonds is 5. The van der Waals surface area contributed by atoms with Crippen LogP contribution in [0.4, 0.5) is 11.4 Å². The number of hydrogen-bond acceptors (Lipinski definition) is 4. The second-order valence-electron chi connectivity index (χ2n) is 4.90. The lowest BCUT2D eigenvalue weighted by Gasteiger charge is -2.13. The predicted molar refractivity (Wildman–Crippen MR) is 98.5 cm³/mol. The average molecular weight is 365 g/mol. The van der Waals surface area contributed by atoms with Gasteiger partial charge in [-0.25, -0.2) is 0 Å². The number of amides is 2. The summed E-state index contributed by atoms with van der Waals surface area (Å²) in [6, 6.07) is 10.3. The van der Waals surface area contributed by atoms with Crippen molar-refractivity contribution in [3.8, 4) is 5.75 Å². The largest absolute Gasteiger partial charge is 0.495 e. The van der Waals surface area contributed by atoms with Gasteiger partial charge in [0, 0.05) is 17.5 Å². The van der Waals surface area contributed by atoms with Gasteiger partial charge in [0.1, 0.15) is 5.75 Å². The summed E-state index contributed by atoms with van der Waals surface area (Å²) in [6.45, 7) is 1.41. The summed E-state index contributed by atoms with van der Waals surface area (Å²) < 4.78 is 5.25. The molecule has 0 unspecified atom stereocenters. The number of halogens is 1. The minimum atomic E-state index is -0.353. The fourth-order valence-corrected chi connectivity index (χ4v) is 2.72. The van der Waals surface area contributed by atoms with Crippen molar-refractivity contribution in [2.45, 2.75) is 11.8 Å². The summed E-state index contributed by atoms with van der Waals surface area (Å²) in [6.07, 6.45) is 1.92. The van der Waals surface area contributed by atoms with Gasteiger partial charge < -0.3 is 15.4 Å². The zero-order chi connectivity index (χ0) is 17.7. The number of benzene rings is 2. The Labute approximate surface area is 149 Å². The third-order valence-electron chi connectivity index (χ3n) is 3.19. The van der Waals surface area contributed by atoms with Crippen molar-refractivity contribution < 1.29 is 14.3 Å². The molecule has 2 aromatic rings. The van der Waals surface area contributed by atoms with Crippen LogP contribution < -0.4 is 15.4 Å². The Morgan fingerprint density at radius 2 is 1.88 bits per heavy atom. The Morgan fingerprint density at radius 3 is 2.50 bits per heavy atom. The first-order valence-corrected chi connectivity index (χ1v) is 8.65. The topological polar surface area (TPSA) is 67.4 Å².